The fourth-order valence-electron chi connectivity index (χ4n) is 2.84. The topological polar surface area (TPSA) is 97.9 Å². The third-order valence-corrected chi connectivity index (χ3v) is 4.05. The van der Waals surface area contributed by atoms with E-state index in [1.807, 2.05) is 13.8 Å². The van der Waals surface area contributed by atoms with Crippen molar-refractivity contribution >= 4 is 11.7 Å². The first-order valence-electron chi connectivity index (χ1n) is 7.97. The molecule has 2 atom stereocenters. The molecular formula is C15H22N6O2. The number of amides is 1. The normalized spacial score (nSPS) is 16.7. The third kappa shape index (κ3) is 3.42. The molecule has 2 unspecified atom stereocenters. The number of carbonyl (C=O) groups is 1. The van der Waals surface area contributed by atoms with E-state index in [-0.39, 0.29) is 11.9 Å². The summed E-state index contributed by atoms with van der Waals surface area (Å²) in [5.74, 6) is 2.84. The Bertz CT molecular complexity index is 692. The van der Waals surface area contributed by atoms with Crippen LogP contribution in [0.25, 0.3) is 0 Å². The van der Waals surface area contributed by atoms with Gasteiger partial charge in [-0.3, -0.25) is 10.1 Å². The molecular weight excluding hydrogens is 296 g/mol. The Balaban J connectivity index is 1.61. The summed E-state index contributed by atoms with van der Waals surface area (Å²) in [6.07, 6.45) is 3.28. The number of nitrogens with one attached hydrogen (secondary N) is 2. The van der Waals surface area contributed by atoms with Crippen LogP contribution in [0.4, 0.5) is 5.82 Å². The van der Waals surface area contributed by atoms with E-state index in [9.17, 15) is 4.79 Å². The minimum atomic E-state index is -0.390. The van der Waals surface area contributed by atoms with Crippen molar-refractivity contribution in [1.82, 2.24) is 25.2 Å². The number of fused-ring (bicyclic) bond motifs is 1. The van der Waals surface area contributed by atoms with E-state index in [1.54, 1.807) is 13.0 Å². The van der Waals surface area contributed by atoms with Gasteiger partial charge in [0.2, 0.25) is 5.91 Å². The average molecular weight is 318 g/mol. The van der Waals surface area contributed by atoms with Crippen molar-refractivity contribution in [3.63, 3.8) is 0 Å². The van der Waals surface area contributed by atoms with Gasteiger partial charge in [0.05, 0.1) is 12.1 Å². The molecule has 0 fully saturated rings. The Hall–Kier alpha value is -2.22. The highest BCUT2D eigenvalue weighted by Crippen LogP contribution is 2.19. The van der Waals surface area contributed by atoms with E-state index in [0.717, 1.165) is 37.5 Å². The van der Waals surface area contributed by atoms with Gasteiger partial charge in [-0.15, -0.1) is 10.2 Å². The molecule has 0 aliphatic carbocycles. The van der Waals surface area contributed by atoms with Gasteiger partial charge in [0.15, 0.2) is 5.82 Å². The molecule has 0 spiro atoms. The molecule has 2 aromatic rings. The van der Waals surface area contributed by atoms with Gasteiger partial charge in [0.25, 0.3) is 0 Å². The Labute approximate surface area is 134 Å². The van der Waals surface area contributed by atoms with Crippen molar-refractivity contribution < 1.29 is 9.32 Å². The first-order valence-corrected chi connectivity index (χ1v) is 7.97. The summed E-state index contributed by atoms with van der Waals surface area (Å²) in [5, 5.41) is 18.3. The van der Waals surface area contributed by atoms with Gasteiger partial charge in [-0.05, 0) is 33.6 Å². The highest BCUT2D eigenvalue weighted by molar-refractivity contribution is 5.93. The minimum absolute atomic E-state index is 0.0610. The standard InChI is InChI=1S/C15H22N6O2/c1-9-8-12(20-23-9)17-15(22)11(3)16-10(2)14-19-18-13-6-4-5-7-21(13)14/h8,10-11,16H,4-7H2,1-3H3,(H,17,20,22). The summed E-state index contributed by atoms with van der Waals surface area (Å²) in [6.45, 7) is 6.53. The van der Waals surface area contributed by atoms with Crippen molar-refractivity contribution in [2.45, 2.75) is 58.7 Å². The van der Waals surface area contributed by atoms with E-state index < -0.39 is 6.04 Å². The van der Waals surface area contributed by atoms with Crippen LogP contribution in [0.3, 0.4) is 0 Å². The molecule has 3 rings (SSSR count). The van der Waals surface area contributed by atoms with Crippen molar-refractivity contribution in [2.75, 3.05) is 5.32 Å². The molecule has 2 N–H and O–H groups in total. The molecule has 3 heterocycles. The van der Waals surface area contributed by atoms with E-state index >= 15 is 0 Å². The summed E-state index contributed by atoms with van der Waals surface area (Å²) >= 11 is 0. The SMILES string of the molecule is Cc1cc(NC(=O)C(C)NC(C)c2nnc3n2CCCC3)no1. The van der Waals surface area contributed by atoms with E-state index in [0.29, 0.717) is 11.6 Å². The van der Waals surface area contributed by atoms with Crippen LogP contribution in [0.15, 0.2) is 10.6 Å². The lowest BCUT2D eigenvalue weighted by molar-refractivity contribution is -0.118. The second-order valence-electron chi connectivity index (χ2n) is 6.01. The summed E-state index contributed by atoms with van der Waals surface area (Å²) in [5.41, 5.74) is 0. The molecule has 2 aromatic heterocycles. The zero-order chi connectivity index (χ0) is 16.4. The second-order valence-corrected chi connectivity index (χ2v) is 6.01. The number of hydrogen-bond donors (Lipinski definition) is 2. The van der Waals surface area contributed by atoms with Gasteiger partial charge in [-0.25, -0.2) is 0 Å². The summed E-state index contributed by atoms with van der Waals surface area (Å²) in [6, 6.07) is 1.23. The van der Waals surface area contributed by atoms with Gasteiger partial charge >= 0.3 is 0 Å². The molecule has 8 heteroatoms. The van der Waals surface area contributed by atoms with Gasteiger partial charge in [-0.2, -0.15) is 0 Å². The predicted molar refractivity (Wildman–Crippen MR) is 83.8 cm³/mol. The van der Waals surface area contributed by atoms with Crippen molar-refractivity contribution in [3.05, 3.63) is 23.5 Å². The maximum atomic E-state index is 12.2. The van der Waals surface area contributed by atoms with Crippen LogP contribution in [-0.2, 0) is 17.8 Å². The number of aromatic nitrogens is 4. The van der Waals surface area contributed by atoms with Crippen molar-refractivity contribution in [1.29, 1.82) is 0 Å². The van der Waals surface area contributed by atoms with E-state index in [4.69, 9.17) is 4.52 Å². The van der Waals surface area contributed by atoms with Crippen LogP contribution in [0.2, 0.25) is 0 Å². The molecule has 23 heavy (non-hydrogen) atoms. The smallest absolute Gasteiger partial charge is 0.242 e. The zero-order valence-corrected chi connectivity index (χ0v) is 13.7. The lowest BCUT2D eigenvalue weighted by Crippen LogP contribution is -2.40. The Morgan fingerprint density at radius 1 is 1.35 bits per heavy atom. The fraction of sp³-hybridized carbons (Fsp3) is 0.600. The summed E-state index contributed by atoms with van der Waals surface area (Å²) < 4.78 is 7.10. The van der Waals surface area contributed by atoms with Crippen LogP contribution in [0.5, 0.6) is 0 Å². The second kappa shape index (κ2) is 6.49. The van der Waals surface area contributed by atoms with Crippen LogP contribution in [0, 0.1) is 6.92 Å². The van der Waals surface area contributed by atoms with Crippen LogP contribution >= 0.6 is 0 Å². The zero-order valence-electron chi connectivity index (χ0n) is 13.7. The largest absolute Gasteiger partial charge is 0.360 e. The Morgan fingerprint density at radius 2 is 2.17 bits per heavy atom. The van der Waals surface area contributed by atoms with Crippen LogP contribution < -0.4 is 10.6 Å². The maximum absolute atomic E-state index is 12.2. The van der Waals surface area contributed by atoms with Gasteiger partial charge in [0.1, 0.15) is 17.4 Å². The number of nitrogens with zero attached hydrogens (tertiary/aromatic N) is 4. The lowest BCUT2D eigenvalue weighted by Gasteiger charge is -2.21. The van der Waals surface area contributed by atoms with E-state index in [1.165, 1.54) is 0 Å². The first kappa shape index (κ1) is 15.7. The maximum Gasteiger partial charge on any atom is 0.242 e. The fourth-order valence-corrected chi connectivity index (χ4v) is 2.84. The lowest BCUT2D eigenvalue weighted by atomic mass is 10.1. The average Bonchev–Trinajstić information content (AvgIpc) is 3.13. The molecule has 1 aliphatic heterocycles. The first-order chi connectivity index (χ1) is 11.0. The summed E-state index contributed by atoms with van der Waals surface area (Å²) in [4.78, 5) is 12.2. The molecule has 8 nitrogen and oxygen atoms in total. The Kier molecular flexibility index (Phi) is 4.42. The molecule has 0 aromatic carbocycles. The van der Waals surface area contributed by atoms with Crippen molar-refractivity contribution in [2.24, 2.45) is 0 Å². The van der Waals surface area contributed by atoms with Crippen molar-refractivity contribution in [3.8, 4) is 0 Å². The molecule has 124 valence electrons. The molecule has 0 bridgehead atoms. The summed E-state index contributed by atoms with van der Waals surface area (Å²) in [7, 11) is 0. The molecule has 1 aliphatic rings. The molecule has 0 saturated carbocycles. The minimum Gasteiger partial charge on any atom is -0.360 e. The third-order valence-electron chi connectivity index (χ3n) is 4.05. The van der Waals surface area contributed by atoms with Crippen LogP contribution in [0.1, 0.15) is 50.1 Å². The molecule has 0 radical (unpaired) electrons. The number of aryl methyl sites for hydroxylation is 2. The van der Waals surface area contributed by atoms with Gasteiger partial charge < -0.3 is 14.4 Å². The predicted octanol–water partition coefficient (Wildman–Crippen LogP) is 1.59. The molecule has 0 saturated heterocycles. The van der Waals surface area contributed by atoms with E-state index in [2.05, 4.69) is 30.6 Å². The number of rotatable bonds is 5. The van der Waals surface area contributed by atoms with Gasteiger partial charge in [-0.1, -0.05) is 5.16 Å². The number of anilines is 1. The van der Waals surface area contributed by atoms with Gasteiger partial charge in [0, 0.05) is 19.0 Å². The molecule has 1 amide bonds. The Morgan fingerprint density at radius 3 is 2.91 bits per heavy atom. The number of hydrogen-bond acceptors (Lipinski definition) is 6. The highest BCUT2D eigenvalue weighted by Gasteiger charge is 2.23. The number of carbonyl (C=O) groups excluding carboxylic acids is 1. The van der Waals surface area contributed by atoms with Crippen LogP contribution in [-0.4, -0.2) is 31.9 Å². The monoisotopic (exact) mass is 318 g/mol. The highest BCUT2D eigenvalue weighted by atomic mass is 16.5. The quantitative estimate of drug-likeness (QED) is 0.869.